The molecule has 1 aliphatic carbocycles. The van der Waals surface area contributed by atoms with Gasteiger partial charge in [0, 0.05) is 23.8 Å². The monoisotopic (exact) mass is 527 g/mol. The van der Waals surface area contributed by atoms with Crippen LogP contribution in [0.15, 0.2) is 71.9 Å². The van der Waals surface area contributed by atoms with Gasteiger partial charge >= 0.3 is 5.69 Å². The zero-order valence-electron chi connectivity index (χ0n) is 22.6. The maximum absolute atomic E-state index is 13.9. The molecule has 0 fully saturated rings. The Hall–Kier alpha value is -4.33. The van der Waals surface area contributed by atoms with Gasteiger partial charge in [0.1, 0.15) is 0 Å². The summed E-state index contributed by atoms with van der Waals surface area (Å²) >= 11 is 0. The number of nitro benzene ring substituents is 1. The number of rotatable bonds is 5. The maximum Gasteiger partial charge on any atom is 0.315 e. The Morgan fingerprint density at radius 3 is 2.36 bits per heavy atom. The number of Topliss-reactive ketones (excluding diaryl/α,β-unsaturated/α-hetero) is 1. The third-order valence-electron chi connectivity index (χ3n) is 7.46. The fourth-order valence-corrected chi connectivity index (χ4v) is 5.42. The fraction of sp³-hybridized carbons (Fsp3) is 0.323. The molecule has 39 heavy (non-hydrogen) atoms. The first-order valence-electron chi connectivity index (χ1n) is 13.2. The summed E-state index contributed by atoms with van der Waals surface area (Å²) in [5, 5.41) is 29.2. The van der Waals surface area contributed by atoms with Gasteiger partial charge in [-0.05, 0) is 59.6 Å². The van der Waals surface area contributed by atoms with Crippen molar-refractivity contribution < 1.29 is 19.6 Å². The molecular weight excluding hydrogens is 494 g/mol. The van der Waals surface area contributed by atoms with Crippen LogP contribution in [-0.2, 0) is 10.2 Å². The van der Waals surface area contributed by atoms with Gasteiger partial charge in [0.25, 0.3) is 0 Å². The molecule has 0 amide bonds. The van der Waals surface area contributed by atoms with Crippen molar-refractivity contribution in [2.24, 2.45) is 0 Å². The van der Waals surface area contributed by atoms with Crippen LogP contribution < -0.4 is 15.4 Å². The van der Waals surface area contributed by atoms with Crippen LogP contribution in [0.25, 0.3) is 0 Å². The average Bonchev–Trinajstić information content (AvgIpc) is 3.06. The lowest BCUT2D eigenvalue weighted by Crippen LogP contribution is -2.27. The Kier molecular flexibility index (Phi) is 6.80. The quantitative estimate of drug-likeness (QED) is 0.242. The van der Waals surface area contributed by atoms with E-state index in [-0.39, 0.29) is 29.5 Å². The normalized spacial score (nSPS) is 18.8. The highest BCUT2D eigenvalue weighted by Gasteiger charge is 2.37. The number of phenolic OH excluding ortho intramolecular Hbond substituents is 1. The van der Waals surface area contributed by atoms with Crippen molar-refractivity contribution >= 4 is 22.8 Å². The van der Waals surface area contributed by atoms with E-state index in [1.807, 2.05) is 24.3 Å². The minimum Gasteiger partial charge on any atom is -0.500 e. The number of allylic oxidation sites excluding steroid dienone is 1. The highest BCUT2D eigenvalue weighted by atomic mass is 16.6. The van der Waals surface area contributed by atoms with Gasteiger partial charge in [0.15, 0.2) is 11.5 Å². The number of fused-ring (bicyclic) bond motifs is 1. The molecule has 3 aromatic rings. The number of ether oxygens (including phenoxy) is 1. The summed E-state index contributed by atoms with van der Waals surface area (Å²) in [5.74, 6) is -0.554. The van der Waals surface area contributed by atoms with Gasteiger partial charge in [0.05, 0.1) is 28.9 Å². The summed E-state index contributed by atoms with van der Waals surface area (Å²) in [4.78, 5) is 25.0. The Morgan fingerprint density at radius 2 is 1.72 bits per heavy atom. The second-order valence-electron chi connectivity index (χ2n) is 11.1. The van der Waals surface area contributed by atoms with Crippen molar-refractivity contribution in [3.05, 3.63) is 98.7 Å². The lowest BCUT2D eigenvalue weighted by atomic mass is 9.77. The van der Waals surface area contributed by atoms with Gasteiger partial charge in [-0.1, -0.05) is 57.2 Å². The van der Waals surface area contributed by atoms with E-state index in [4.69, 9.17) is 4.74 Å². The molecule has 202 valence electrons. The largest absolute Gasteiger partial charge is 0.500 e. The highest BCUT2D eigenvalue weighted by Crippen LogP contribution is 2.47. The molecule has 2 atom stereocenters. The first-order valence-corrected chi connectivity index (χ1v) is 13.2. The summed E-state index contributed by atoms with van der Waals surface area (Å²) < 4.78 is 5.53. The van der Waals surface area contributed by atoms with Crippen molar-refractivity contribution in [1.82, 2.24) is 0 Å². The van der Waals surface area contributed by atoms with Crippen LogP contribution in [0.4, 0.5) is 17.1 Å². The molecule has 3 aromatic carbocycles. The van der Waals surface area contributed by atoms with E-state index in [2.05, 4.69) is 55.7 Å². The number of nitrogens with one attached hydrogen (secondary N) is 2. The zero-order valence-corrected chi connectivity index (χ0v) is 22.6. The van der Waals surface area contributed by atoms with E-state index in [0.717, 1.165) is 22.6 Å². The van der Waals surface area contributed by atoms with Gasteiger partial charge < -0.3 is 20.5 Å². The van der Waals surface area contributed by atoms with Crippen LogP contribution in [0, 0.1) is 10.1 Å². The van der Waals surface area contributed by atoms with Crippen LogP contribution in [-0.4, -0.2) is 22.4 Å². The molecule has 5 rings (SSSR count). The number of carbonyl (C=O) groups excluding carboxylic acids is 1. The summed E-state index contributed by atoms with van der Waals surface area (Å²) in [6, 6.07) is 18.4. The van der Waals surface area contributed by atoms with E-state index in [9.17, 15) is 20.0 Å². The second-order valence-corrected chi connectivity index (χ2v) is 11.1. The Labute approximate surface area is 227 Å². The number of aromatic hydroxyl groups is 1. The molecule has 0 bridgehead atoms. The van der Waals surface area contributed by atoms with Crippen LogP contribution in [0.5, 0.6) is 11.5 Å². The van der Waals surface area contributed by atoms with E-state index < -0.39 is 22.4 Å². The van der Waals surface area contributed by atoms with Crippen LogP contribution in [0.1, 0.15) is 69.2 Å². The first-order chi connectivity index (χ1) is 18.6. The zero-order chi connectivity index (χ0) is 27.9. The Morgan fingerprint density at radius 1 is 1.03 bits per heavy atom. The number of ketones is 1. The average molecular weight is 528 g/mol. The molecule has 2 aliphatic rings. The number of nitrogens with zero attached hydrogens (tertiary/aromatic N) is 1. The van der Waals surface area contributed by atoms with E-state index in [1.54, 1.807) is 13.0 Å². The number of hydrogen-bond donors (Lipinski definition) is 3. The molecule has 0 radical (unpaired) electrons. The third-order valence-corrected chi connectivity index (χ3v) is 7.46. The molecule has 0 spiro atoms. The van der Waals surface area contributed by atoms with E-state index >= 15 is 0 Å². The molecular formula is C31H33N3O5. The lowest BCUT2D eigenvalue weighted by molar-refractivity contribution is -0.386. The number of benzene rings is 3. The smallest absolute Gasteiger partial charge is 0.315 e. The summed E-state index contributed by atoms with van der Waals surface area (Å²) in [5.41, 5.74) is 5.29. The summed E-state index contributed by atoms with van der Waals surface area (Å²) in [6.45, 7) is 8.48. The predicted octanol–water partition coefficient (Wildman–Crippen LogP) is 6.98. The number of para-hydroxylation sites is 2. The van der Waals surface area contributed by atoms with Gasteiger partial charge in [-0.25, -0.2) is 0 Å². The summed E-state index contributed by atoms with van der Waals surface area (Å²) in [6.07, 6.45) is 0.934. The van der Waals surface area contributed by atoms with Crippen molar-refractivity contribution in [3.63, 3.8) is 0 Å². The number of nitro groups is 1. The fourth-order valence-electron chi connectivity index (χ4n) is 5.42. The molecule has 1 aliphatic heterocycles. The van der Waals surface area contributed by atoms with Crippen LogP contribution in [0.3, 0.4) is 0 Å². The topological polar surface area (TPSA) is 114 Å². The Balaban J connectivity index is 1.61. The first kappa shape index (κ1) is 26.3. The SMILES string of the molecule is CCOc1cc(C2Nc3ccccc3NC3=C2C(=O)CC(c2ccc(C(C)(C)C)cc2)C3)cc([N+](=O)[O-])c1O. The van der Waals surface area contributed by atoms with E-state index in [1.165, 1.54) is 11.6 Å². The molecule has 8 heteroatoms. The van der Waals surface area contributed by atoms with Crippen molar-refractivity contribution in [1.29, 1.82) is 0 Å². The van der Waals surface area contributed by atoms with Crippen molar-refractivity contribution in [2.75, 3.05) is 17.2 Å². The van der Waals surface area contributed by atoms with Crippen molar-refractivity contribution in [2.45, 2.75) is 57.9 Å². The lowest BCUT2D eigenvalue weighted by Gasteiger charge is -2.30. The minimum absolute atomic E-state index is 0.00294. The molecule has 3 N–H and O–H groups in total. The molecule has 8 nitrogen and oxygen atoms in total. The summed E-state index contributed by atoms with van der Waals surface area (Å²) in [7, 11) is 0. The van der Waals surface area contributed by atoms with Crippen molar-refractivity contribution in [3.8, 4) is 11.5 Å². The van der Waals surface area contributed by atoms with Crippen LogP contribution in [0.2, 0.25) is 0 Å². The van der Waals surface area contributed by atoms with Gasteiger partial charge in [0.2, 0.25) is 5.75 Å². The number of phenols is 1. The van der Waals surface area contributed by atoms with Crippen LogP contribution >= 0.6 is 0 Å². The molecule has 0 saturated heterocycles. The van der Waals surface area contributed by atoms with E-state index in [0.29, 0.717) is 24.0 Å². The molecule has 0 aromatic heterocycles. The standard InChI is InChI=1S/C31H33N3O5/c1-5-39-27-17-20(15-25(30(27)36)34(37)38)29-28-24(32-22-8-6-7-9-23(22)33-29)14-19(16-26(28)35)18-10-12-21(13-11-18)31(2,3)4/h6-13,15,17,19,29,32-33,36H,5,14,16H2,1-4H3. The minimum atomic E-state index is -0.675. The molecule has 0 saturated carbocycles. The number of anilines is 2. The number of hydrogen-bond acceptors (Lipinski definition) is 7. The van der Waals surface area contributed by atoms with Gasteiger partial charge in [-0.15, -0.1) is 0 Å². The second kappa shape index (κ2) is 10.1. The maximum atomic E-state index is 13.9. The highest BCUT2D eigenvalue weighted by molar-refractivity contribution is 6.01. The predicted molar refractivity (Wildman–Crippen MR) is 152 cm³/mol. The number of carbonyl (C=O) groups is 1. The Bertz CT molecular complexity index is 1470. The van der Waals surface area contributed by atoms with Gasteiger partial charge in [-0.3, -0.25) is 14.9 Å². The molecule has 1 heterocycles. The third kappa shape index (κ3) is 5.06. The van der Waals surface area contributed by atoms with Gasteiger partial charge in [-0.2, -0.15) is 0 Å². The molecule has 2 unspecified atom stereocenters.